The molecule has 1 aliphatic rings. The quantitative estimate of drug-likeness (QED) is 0.430. The molecule has 0 aromatic rings. The fraction of sp³-hybridized carbons (Fsp3) is 0.421. The number of hydrogen-bond acceptors (Lipinski definition) is 1. The second kappa shape index (κ2) is 10.2. The Bertz CT molecular complexity index is 433. The molecule has 0 aliphatic heterocycles. The zero-order chi connectivity index (χ0) is 14.6. The van der Waals surface area contributed by atoms with Crippen molar-refractivity contribution in [1.29, 1.82) is 0 Å². The number of hydrogen-bond donors (Lipinski definition) is 0. The third-order valence-corrected chi connectivity index (χ3v) is 3.34. The van der Waals surface area contributed by atoms with Gasteiger partial charge in [0.1, 0.15) is 0 Å². The summed E-state index contributed by atoms with van der Waals surface area (Å²) in [5, 5.41) is 0. The fourth-order valence-electron chi connectivity index (χ4n) is 2.27. The van der Waals surface area contributed by atoms with Gasteiger partial charge in [-0.15, -0.1) is 0 Å². The van der Waals surface area contributed by atoms with Gasteiger partial charge in [0.2, 0.25) is 0 Å². The van der Waals surface area contributed by atoms with E-state index in [1.807, 2.05) is 32.1 Å². The van der Waals surface area contributed by atoms with Gasteiger partial charge in [0.05, 0.1) is 0 Å². The molecule has 1 unspecified atom stereocenters. The van der Waals surface area contributed by atoms with Crippen LogP contribution in [-0.2, 0) is 4.79 Å². The summed E-state index contributed by atoms with van der Waals surface area (Å²) in [5.41, 5.74) is 1.32. The van der Waals surface area contributed by atoms with Crippen molar-refractivity contribution in [1.82, 2.24) is 0 Å². The summed E-state index contributed by atoms with van der Waals surface area (Å²) in [6.07, 6.45) is 23.3. The molecule has 1 rings (SSSR count). The molecule has 1 heteroatoms. The van der Waals surface area contributed by atoms with Crippen molar-refractivity contribution in [3.63, 3.8) is 0 Å². The predicted octanol–water partition coefficient (Wildman–Crippen LogP) is 5.33. The van der Waals surface area contributed by atoms with Crippen LogP contribution in [0.1, 0.15) is 46.0 Å². The third kappa shape index (κ3) is 6.51. The van der Waals surface area contributed by atoms with E-state index in [4.69, 9.17) is 0 Å². The molecular formula is C19H26O. The van der Waals surface area contributed by atoms with Crippen LogP contribution in [0.4, 0.5) is 0 Å². The molecular weight excluding hydrogens is 244 g/mol. The van der Waals surface area contributed by atoms with E-state index in [0.29, 0.717) is 12.3 Å². The van der Waals surface area contributed by atoms with Crippen molar-refractivity contribution in [2.75, 3.05) is 0 Å². The van der Waals surface area contributed by atoms with Gasteiger partial charge in [-0.1, -0.05) is 55.5 Å². The number of carbonyl (C=O) groups is 1. The second-order valence-corrected chi connectivity index (χ2v) is 5.05. The van der Waals surface area contributed by atoms with Crippen molar-refractivity contribution in [2.24, 2.45) is 5.92 Å². The Balaban J connectivity index is 2.68. The van der Waals surface area contributed by atoms with Gasteiger partial charge < -0.3 is 0 Å². The maximum absolute atomic E-state index is 12.0. The lowest BCUT2D eigenvalue weighted by atomic mass is 9.87. The largest absolute Gasteiger partial charge is 0.295 e. The Morgan fingerprint density at radius 2 is 2.15 bits per heavy atom. The molecule has 0 aromatic heterocycles. The first kappa shape index (κ1) is 16.4. The summed E-state index contributed by atoms with van der Waals surface area (Å²) < 4.78 is 0. The second-order valence-electron chi connectivity index (χ2n) is 5.05. The van der Waals surface area contributed by atoms with E-state index < -0.39 is 0 Å². The van der Waals surface area contributed by atoms with Gasteiger partial charge in [-0.3, -0.25) is 4.79 Å². The highest BCUT2D eigenvalue weighted by Gasteiger charge is 2.15. The smallest absolute Gasteiger partial charge is 0.155 e. The van der Waals surface area contributed by atoms with Crippen LogP contribution in [0.5, 0.6) is 0 Å². The first-order valence-corrected chi connectivity index (χ1v) is 7.61. The minimum Gasteiger partial charge on any atom is -0.295 e. The van der Waals surface area contributed by atoms with Gasteiger partial charge in [-0.2, -0.15) is 0 Å². The number of ketones is 1. The number of allylic oxidation sites excluding steroid dienone is 10. The maximum Gasteiger partial charge on any atom is 0.155 e. The Morgan fingerprint density at radius 1 is 1.30 bits per heavy atom. The van der Waals surface area contributed by atoms with Gasteiger partial charge in [0.25, 0.3) is 0 Å². The van der Waals surface area contributed by atoms with E-state index in [9.17, 15) is 4.79 Å². The van der Waals surface area contributed by atoms with Crippen molar-refractivity contribution in [2.45, 2.75) is 46.0 Å². The molecule has 0 amide bonds. The molecule has 108 valence electrons. The van der Waals surface area contributed by atoms with Crippen LogP contribution in [0.2, 0.25) is 0 Å². The van der Waals surface area contributed by atoms with Crippen LogP contribution in [-0.4, -0.2) is 5.78 Å². The highest BCUT2D eigenvalue weighted by atomic mass is 16.1. The molecule has 0 bridgehead atoms. The maximum atomic E-state index is 12.0. The molecule has 0 radical (unpaired) electrons. The molecule has 1 aliphatic carbocycles. The Labute approximate surface area is 123 Å². The van der Waals surface area contributed by atoms with Crippen LogP contribution < -0.4 is 0 Å². The van der Waals surface area contributed by atoms with Crippen LogP contribution in [0.3, 0.4) is 0 Å². The minimum atomic E-state index is 0.233. The van der Waals surface area contributed by atoms with E-state index in [2.05, 4.69) is 30.4 Å². The van der Waals surface area contributed by atoms with Crippen LogP contribution in [0, 0.1) is 5.92 Å². The summed E-state index contributed by atoms with van der Waals surface area (Å²) >= 11 is 0. The Morgan fingerprint density at radius 3 is 2.80 bits per heavy atom. The van der Waals surface area contributed by atoms with Gasteiger partial charge in [-0.05, 0) is 50.2 Å². The molecule has 0 heterocycles. The van der Waals surface area contributed by atoms with Gasteiger partial charge in [-0.25, -0.2) is 0 Å². The lowest BCUT2D eigenvalue weighted by Crippen LogP contribution is -2.09. The average molecular weight is 270 g/mol. The summed E-state index contributed by atoms with van der Waals surface area (Å²) in [4.78, 5) is 12.0. The highest BCUT2D eigenvalue weighted by Crippen LogP contribution is 2.25. The number of carbonyl (C=O) groups excluding carboxylic acids is 1. The topological polar surface area (TPSA) is 17.1 Å². The zero-order valence-corrected chi connectivity index (χ0v) is 12.7. The summed E-state index contributed by atoms with van der Waals surface area (Å²) in [6.45, 7) is 4.06. The van der Waals surface area contributed by atoms with Gasteiger partial charge in [0.15, 0.2) is 5.78 Å². The van der Waals surface area contributed by atoms with Gasteiger partial charge in [0, 0.05) is 6.42 Å². The van der Waals surface area contributed by atoms with Crippen molar-refractivity contribution < 1.29 is 4.79 Å². The van der Waals surface area contributed by atoms with Crippen molar-refractivity contribution in [3.8, 4) is 0 Å². The van der Waals surface area contributed by atoms with Crippen molar-refractivity contribution >= 4 is 5.78 Å². The minimum absolute atomic E-state index is 0.233. The molecule has 0 N–H and O–H groups in total. The average Bonchev–Trinajstić information content (AvgIpc) is 2.49. The lowest BCUT2D eigenvalue weighted by Gasteiger charge is -2.17. The Kier molecular flexibility index (Phi) is 8.37. The molecule has 0 saturated carbocycles. The van der Waals surface area contributed by atoms with E-state index in [-0.39, 0.29) is 5.78 Å². The molecule has 0 fully saturated rings. The van der Waals surface area contributed by atoms with E-state index in [1.54, 1.807) is 6.08 Å². The lowest BCUT2D eigenvalue weighted by molar-refractivity contribution is -0.115. The third-order valence-electron chi connectivity index (χ3n) is 3.34. The highest BCUT2D eigenvalue weighted by molar-refractivity contribution is 5.90. The SMILES string of the molecule is CC=CC=CCC(CC(=O)/C=C\CC)C1=CCCC=C1. The Hall–Kier alpha value is -1.63. The molecule has 1 atom stereocenters. The molecule has 0 aromatic carbocycles. The van der Waals surface area contributed by atoms with Gasteiger partial charge >= 0.3 is 0 Å². The normalized spacial score (nSPS) is 17.2. The van der Waals surface area contributed by atoms with Crippen LogP contribution in [0.15, 0.2) is 60.3 Å². The summed E-state index contributed by atoms with van der Waals surface area (Å²) in [6, 6.07) is 0. The summed E-state index contributed by atoms with van der Waals surface area (Å²) in [5.74, 6) is 0.540. The monoisotopic (exact) mass is 270 g/mol. The summed E-state index contributed by atoms with van der Waals surface area (Å²) in [7, 11) is 0. The first-order chi connectivity index (χ1) is 9.77. The molecule has 0 spiro atoms. The van der Waals surface area contributed by atoms with Crippen molar-refractivity contribution in [3.05, 3.63) is 60.3 Å². The van der Waals surface area contributed by atoms with E-state index in [0.717, 1.165) is 25.7 Å². The van der Waals surface area contributed by atoms with Crippen LogP contribution in [0.25, 0.3) is 0 Å². The van der Waals surface area contributed by atoms with E-state index >= 15 is 0 Å². The zero-order valence-electron chi connectivity index (χ0n) is 12.7. The van der Waals surface area contributed by atoms with E-state index in [1.165, 1.54) is 5.57 Å². The first-order valence-electron chi connectivity index (χ1n) is 7.61. The number of rotatable bonds is 8. The predicted molar refractivity (Wildman–Crippen MR) is 87.6 cm³/mol. The molecule has 1 nitrogen and oxygen atoms in total. The standard InChI is InChI=1S/C19H26O/c1-3-5-7-9-14-18(16-19(20)15-6-4-2)17-12-10-8-11-13-17/h3,5-7,9-10,12-13,15,18H,4,8,11,14,16H2,1-2H3/b5-3?,9-7?,15-6-. The molecule has 0 saturated heterocycles. The fourth-order valence-corrected chi connectivity index (χ4v) is 2.27. The molecule has 20 heavy (non-hydrogen) atoms. The van der Waals surface area contributed by atoms with Crippen LogP contribution >= 0.6 is 0 Å².